The molecule has 0 saturated heterocycles. The van der Waals surface area contributed by atoms with Crippen molar-refractivity contribution in [2.45, 2.75) is 32.6 Å². The molecule has 0 atom stereocenters. The first-order valence-electron chi connectivity index (χ1n) is 7.91. The van der Waals surface area contributed by atoms with Crippen molar-refractivity contribution in [3.05, 3.63) is 64.8 Å². The third kappa shape index (κ3) is 3.44. The van der Waals surface area contributed by atoms with Gasteiger partial charge in [-0.05, 0) is 57.0 Å². The topological polar surface area (TPSA) is 72.2 Å². The predicted octanol–water partition coefficient (Wildman–Crippen LogP) is 4.38. The molecule has 1 heterocycles. The molecule has 0 radical (unpaired) electrons. The van der Waals surface area contributed by atoms with E-state index < -0.39 is 10.0 Å². The number of rotatable bonds is 4. The molecular formula is C19H20N2O3S. The van der Waals surface area contributed by atoms with E-state index in [0.717, 1.165) is 16.8 Å². The monoisotopic (exact) mass is 356 g/mol. The molecule has 6 heteroatoms. The van der Waals surface area contributed by atoms with Crippen LogP contribution in [0.15, 0.2) is 51.9 Å². The van der Waals surface area contributed by atoms with Crippen LogP contribution in [0.2, 0.25) is 0 Å². The molecule has 0 aliphatic carbocycles. The maximum Gasteiger partial charge on any atom is 0.262 e. The largest absolute Gasteiger partial charge is 0.356 e. The number of hydrogen-bond acceptors (Lipinski definition) is 4. The molecule has 0 amide bonds. The van der Waals surface area contributed by atoms with Gasteiger partial charge in [-0.25, -0.2) is 8.42 Å². The van der Waals surface area contributed by atoms with Crippen LogP contribution in [0.5, 0.6) is 0 Å². The molecule has 130 valence electrons. The standard InChI is InChI=1S/C19H20N2O3S/c1-12-6-5-7-17(10-12)21-25(22,23)18-11-16(9-8-13(18)2)19-14(3)15(4)20-24-19/h5-11,21H,1-4H3. The SMILES string of the molecule is Cc1cccc(NS(=O)(=O)c2cc(-c3onc(C)c3C)ccc2C)c1. The Kier molecular flexibility index (Phi) is 4.39. The molecule has 3 aromatic rings. The Bertz CT molecular complexity index is 1040. The highest BCUT2D eigenvalue weighted by Gasteiger charge is 2.20. The van der Waals surface area contributed by atoms with E-state index in [0.29, 0.717) is 22.6 Å². The Morgan fingerprint density at radius 2 is 1.76 bits per heavy atom. The first-order chi connectivity index (χ1) is 11.8. The lowest BCUT2D eigenvalue weighted by Gasteiger charge is -2.12. The summed E-state index contributed by atoms with van der Waals surface area (Å²) in [6.45, 7) is 7.44. The van der Waals surface area contributed by atoms with Crippen LogP contribution >= 0.6 is 0 Å². The molecule has 0 spiro atoms. The number of aryl methyl sites for hydroxylation is 3. The summed E-state index contributed by atoms with van der Waals surface area (Å²) in [7, 11) is -3.71. The average Bonchev–Trinajstić information content (AvgIpc) is 2.87. The van der Waals surface area contributed by atoms with E-state index in [1.165, 1.54) is 0 Å². The van der Waals surface area contributed by atoms with Crippen LogP contribution in [-0.2, 0) is 10.0 Å². The van der Waals surface area contributed by atoms with Gasteiger partial charge in [-0.3, -0.25) is 4.72 Å². The Morgan fingerprint density at radius 3 is 2.40 bits per heavy atom. The van der Waals surface area contributed by atoms with Gasteiger partial charge in [-0.1, -0.05) is 29.4 Å². The van der Waals surface area contributed by atoms with Crippen LogP contribution in [0.1, 0.15) is 22.4 Å². The number of aromatic nitrogens is 1. The van der Waals surface area contributed by atoms with Gasteiger partial charge in [0, 0.05) is 16.8 Å². The molecule has 0 aliphatic heterocycles. The molecule has 0 unspecified atom stereocenters. The van der Waals surface area contributed by atoms with Crippen LogP contribution in [0.25, 0.3) is 11.3 Å². The summed E-state index contributed by atoms with van der Waals surface area (Å²) in [6, 6.07) is 12.5. The van der Waals surface area contributed by atoms with Gasteiger partial charge < -0.3 is 4.52 Å². The molecule has 0 bridgehead atoms. The van der Waals surface area contributed by atoms with E-state index in [1.54, 1.807) is 31.2 Å². The number of benzene rings is 2. The molecule has 25 heavy (non-hydrogen) atoms. The predicted molar refractivity (Wildman–Crippen MR) is 98.1 cm³/mol. The van der Waals surface area contributed by atoms with E-state index in [-0.39, 0.29) is 4.90 Å². The minimum Gasteiger partial charge on any atom is -0.356 e. The summed E-state index contributed by atoms with van der Waals surface area (Å²) < 4.78 is 33.7. The van der Waals surface area contributed by atoms with Crippen molar-refractivity contribution < 1.29 is 12.9 Å². The zero-order valence-electron chi connectivity index (χ0n) is 14.6. The zero-order valence-corrected chi connectivity index (χ0v) is 15.4. The first-order valence-corrected chi connectivity index (χ1v) is 9.39. The molecule has 5 nitrogen and oxygen atoms in total. The van der Waals surface area contributed by atoms with Gasteiger partial charge in [0.1, 0.15) is 0 Å². The Balaban J connectivity index is 2.04. The van der Waals surface area contributed by atoms with Crippen molar-refractivity contribution in [2.75, 3.05) is 4.72 Å². The van der Waals surface area contributed by atoms with Gasteiger partial charge in [0.2, 0.25) is 0 Å². The number of nitrogens with zero attached hydrogens (tertiary/aromatic N) is 1. The second-order valence-electron chi connectivity index (χ2n) is 6.18. The van der Waals surface area contributed by atoms with E-state index >= 15 is 0 Å². The van der Waals surface area contributed by atoms with Crippen LogP contribution in [-0.4, -0.2) is 13.6 Å². The highest BCUT2D eigenvalue weighted by atomic mass is 32.2. The fraction of sp³-hybridized carbons (Fsp3) is 0.211. The van der Waals surface area contributed by atoms with Crippen LogP contribution < -0.4 is 4.72 Å². The Hall–Kier alpha value is -2.60. The highest BCUT2D eigenvalue weighted by molar-refractivity contribution is 7.92. The van der Waals surface area contributed by atoms with Gasteiger partial charge in [0.15, 0.2) is 5.76 Å². The van der Waals surface area contributed by atoms with E-state index in [4.69, 9.17) is 4.52 Å². The summed E-state index contributed by atoms with van der Waals surface area (Å²) in [6.07, 6.45) is 0. The van der Waals surface area contributed by atoms with Gasteiger partial charge in [-0.15, -0.1) is 0 Å². The highest BCUT2D eigenvalue weighted by Crippen LogP contribution is 2.29. The van der Waals surface area contributed by atoms with E-state index in [2.05, 4.69) is 9.88 Å². The van der Waals surface area contributed by atoms with E-state index in [9.17, 15) is 8.42 Å². The van der Waals surface area contributed by atoms with Crippen LogP contribution in [0, 0.1) is 27.7 Å². The quantitative estimate of drug-likeness (QED) is 0.753. The molecule has 0 fully saturated rings. The number of nitrogens with one attached hydrogen (secondary N) is 1. The second-order valence-corrected chi connectivity index (χ2v) is 7.83. The third-order valence-electron chi connectivity index (χ3n) is 4.17. The maximum atomic E-state index is 12.9. The lowest BCUT2D eigenvalue weighted by atomic mass is 10.1. The Labute approximate surface area is 147 Å². The number of hydrogen-bond donors (Lipinski definition) is 1. The summed E-state index contributed by atoms with van der Waals surface area (Å²) in [5, 5.41) is 3.94. The fourth-order valence-electron chi connectivity index (χ4n) is 2.63. The van der Waals surface area contributed by atoms with Gasteiger partial charge in [-0.2, -0.15) is 0 Å². The van der Waals surface area contributed by atoms with E-state index in [1.807, 2.05) is 39.0 Å². The summed E-state index contributed by atoms with van der Waals surface area (Å²) in [4.78, 5) is 0.222. The lowest BCUT2D eigenvalue weighted by Crippen LogP contribution is -2.14. The van der Waals surface area contributed by atoms with Gasteiger partial charge >= 0.3 is 0 Å². The van der Waals surface area contributed by atoms with Crippen molar-refractivity contribution in [1.82, 2.24) is 5.16 Å². The molecule has 3 rings (SSSR count). The summed E-state index contributed by atoms with van der Waals surface area (Å²) in [5.74, 6) is 0.588. The fourth-order valence-corrected chi connectivity index (χ4v) is 3.96. The van der Waals surface area contributed by atoms with Crippen LogP contribution in [0.4, 0.5) is 5.69 Å². The summed E-state index contributed by atoms with van der Waals surface area (Å²) >= 11 is 0. The lowest BCUT2D eigenvalue weighted by molar-refractivity contribution is 0.427. The normalized spacial score (nSPS) is 11.5. The molecular weight excluding hydrogens is 336 g/mol. The molecule has 1 N–H and O–H groups in total. The minimum atomic E-state index is -3.71. The van der Waals surface area contributed by atoms with Gasteiger partial charge in [0.25, 0.3) is 10.0 Å². The average molecular weight is 356 g/mol. The van der Waals surface area contributed by atoms with Crippen LogP contribution in [0.3, 0.4) is 0 Å². The minimum absolute atomic E-state index is 0.222. The van der Waals surface area contributed by atoms with Crippen molar-refractivity contribution in [3.63, 3.8) is 0 Å². The first kappa shape index (κ1) is 17.2. The second kappa shape index (κ2) is 6.37. The molecule has 0 saturated carbocycles. The maximum absolute atomic E-state index is 12.9. The van der Waals surface area contributed by atoms with Gasteiger partial charge in [0.05, 0.1) is 10.6 Å². The molecule has 2 aromatic carbocycles. The molecule has 0 aliphatic rings. The number of anilines is 1. The zero-order chi connectivity index (χ0) is 18.2. The summed E-state index contributed by atoms with van der Waals surface area (Å²) in [5.41, 5.74) is 4.57. The van der Waals surface area contributed by atoms with Crippen molar-refractivity contribution in [3.8, 4) is 11.3 Å². The van der Waals surface area contributed by atoms with Crippen molar-refractivity contribution >= 4 is 15.7 Å². The number of sulfonamides is 1. The third-order valence-corrected chi connectivity index (χ3v) is 5.69. The van der Waals surface area contributed by atoms with Crippen molar-refractivity contribution in [1.29, 1.82) is 0 Å². The Morgan fingerprint density at radius 1 is 1.00 bits per heavy atom. The smallest absolute Gasteiger partial charge is 0.262 e. The van der Waals surface area contributed by atoms with Crippen molar-refractivity contribution in [2.24, 2.45) is 0 Å². The molecule has 1 aromatic heterocycles.